The van der Waals surface area contributed by atoms with Gasteiger partial charge in [0.25, 0.3) is 0 Å². The molecule has 1 aliphatic carbocycles. The molecule has 2 aromatic rings. The van der Waals surface area contributed by atoms with Gasteiger partial charge in [0.15, 0.2) is 0 Å². The van der Waals surface area contributed by atoms with E-state index in [-0.39, 0.29) is 36.4 Å². The zero-order valence-corrected chi connectivity index (χ0v) is 17.1. The van der Waals surface area contributed by atoms with Crippen LogP contribution >= 0.6 is 0 Å². The fourth-order valence-electron chi connectivity index (χ4n) is 3.82. The topological polar surface area (TPSA) is 78.5 Å². The number of halogens is 3. The van der Waals surface area contributed by atoms with Gasteiger partial charge in [0.2, 0.25) is 17.7 Å². The first-order valence-electron chi connectivity index (χ1n) is 10.4. The third kappa shape index (κ3) is 4.76. The van der Waals surface area contributed by atoms with Crippen molar-refractivity contribution in [2.24, 2.45) is 11.8 Å². The summed E-state index contributed by atoms with van der Waals surface area (Å²) < 4.78 is 38.7. The van der Waals surface area contributed by atoms with Gasteiger partial charge in [-0.05, 0) is 49.2 Å². The molecule has 6 nitrogen and oxygen atoms in total. The smallest absolute Gasteiger partial charge is 0.326 e. The Labute approximate surface area is 182 Å². The highest BCUT2D eigenvalue weighted by molar-refractivity contribution is 6.04. The van der Waals surface area contributed by atoms with Gasteiger partial charge in [0.05, 0.1) is 11.5 Å². The molecule has 2 aliphatic rings. The summed E-state index contributed by atoms with van der Waals surface area (Å²) in [5.74, 6) is -1.51. The second-order valence-corrected chi connectivity index (χ2v) is 8.14. The summed E-state index contributed by atoms with van der Waals surface area (Å²) in [6.07, 6.45) is -1.77. The van der Waals surface area contributed by atoms with Crippen molar-refractivity contribution in [1.82, 2.24) is 0 Å². The summed E-state index contributed by atoms with van der Waals surface area (Å²) in [5.41, 5.74) is 0.288. The molecular weight excluding hydrogens is 423 g/mol. The molecule has 168 valence electrons. The van der Waals surface area contributed by atoms with Crippen molar-refractivity contribution in [3.63, 3.8) is 0 Å². The van der Waals surface area contributed by atoms with Crippen molar-refractivity contribution in [2.45, 2.75) is 31.9 Å². The quantitative estimate of drug-likeness (QED) is 0.715. The maximum atomic E-state index is 12.9. The van der Waals surface area contributed by atoms with Crippen molar-refractivity contribution in [2.75, 3.05) is 22.1 Å². The third-order valence-corrected chi connectivity index (χ3v) is 5.85. The zero-order chi connectivity index (χ0) is 22.9. The number of alkyl halides is 3. The van der Waals surface area contributed by atoms with E-state index >= 15 is 0 Å². The van der Waals surface area contributed by atoms with Gasteiger partial charge in [0.1, 0.15) is 0 Å². The summed E-state index contributed by atoms with van der Waals surface area (Å²) >= 11 is 0. The number of amides is 3. The minimum absolute atomic E-state index is 0.0241. The van der Waals surface area contributed by atoms with Gasteiger partial charge in [-0.2, -0.15) is 13.2 Å². The number of carbonyl (C=O) groups excluding carboxylic acids is 3. The number of hydrogen-bond acceptors (Lipinski definition) is 3. The Balaban J connectivity index is 1.41. The van der Waals surface area contributed by atoms with Gasteiger partial charge in [0, 0.05) is 35.9 Å². The van der Waals surface area contributed by atoms with Gasteiger partial charge in [-0.3, -0.25) is 14.4 Å². The van der Waals surface area contributed by atoms with E-state index in [1.807, 2.05) is 0 Å². The van der Waals surface area contributed by atoms with Crippen molar-refractivity contribution in [1.29, 1.82) is 0 Å². The molecule has 2 fully saturated rings. The summed E-state index contributed by atoms with van der Waals surface area (Å²) in [7, 11) is 0. The maximum absolute atomic E-state index is 12.9. The van der Waals surface area contributed by atoms with Crippen molar-refractivity contribution in [3.8, 4) is 0 Å². The molecule has 9 heteroatoms. The van der Waals surface area contributed by atoms with Crippen LogP contribution < -0.4 is 15.5 Å². The molecular formula is C23H22F3N3O3. The van der Waals surface area contributed by atoms with E-state index in [9.17, 15) is 27.6 Å². The lowest BCUT2D eigenvalue weighted by Crippen LogP contribution is -2.29. The molecule has 3 amide bonds. The number of nitrogens with zero attached hydrogens (tertiary/aromatic N) is 1. The minimum Gasteiger partial charge on any atom is -0.326 e. The van der Waals surface area contributed by atoms with Crippen LogP contribution in [0.2, 0.25) is 0 Å². The molecule has 0 radical (unpaired) electrons. The first kappa shape index (κ1) is 21.9. The number of anilines is 3. The minimum atomic E-state index is -4.51. The Morgan fingerprint density at radius 3 is 2.16 bits per heavy atom. The monoisotopic (exact) mass is 445 g/mol. The first-order valence-corrected chi connectivity index (χ1v) is 10.4. The van der Waals surface area contributed by atoms with Crippen LogP contribution in [0.15, 0.2) is 48.5 Å². The number of nitrogens with one attached hydrogen (secondary N) is 2. The van der Waals surface area contributed by atoms with Crippen LogP contribution in [-0.4, -0.2) is 24.3 Å². The average molecular weight is 445 g/mol. The number of rotatable bonds is 5. The maximum Gasteiger partial charge on any atom is 0.416 e. The summed E-state index contributed by atoms with van der Waals surface area (Å²) in [6.45, 7) is 0.101. The van der Waals surface area contributed by atoms with Crippen molar-refractivity contribution in [3.05, 3.63) is 54.1 Å². The number of carbonyl (C=O) groups is 3. The summed E-state index contributed by atoms with van der Waals surface area (Å²) in [6, 6.07) is 11.2. The van der Waals surface area contributed by atoms with Crippen LogP contribution in [-0.2, 0) is 20.6 Å². The standard InChI is InChI=1S/C23H22F3N3O3/c24-23(25,26)16-6-2-7-17(11-16)27-22(32)15-10-20(30)29(13-15)19-9-3-8-18(12-19)28-21(31)14-4-1-5-14/h2-3,6-9,11-12,14-15H,1,4-5,10,13H2,(H,27,32)(H,28,31)/t15-/m1/s1. The fraction of sp³-hybridized carbons (Fsp3) is 0.348. The zero-order valence-electron chi connectivity index (χ0n) is 17.1. The van der Waals surface area contributed by atoms with Gasteiger partial charge >= 0.3 is 6.18 Å². The summed E-state index contributed by atoms with van der Waals surface area (Å²) in [4.78, 5) is 38.8. The lowest BCUT2D eigenvalue weighted by molar-refractivity contribution is -0.137. The molecule has 0 unspecified atom stereocenters. The second kappa shape index (κ2) is 8.64. The Kier molecular flexibility index (Phi) is 5.90. The van der Waals surface area contributed by atoms with E-state index in [1.165, 1.54) is 17.0 Å². The predicted octanol–water partition coefficient (Wildman–Crippen LogP) is 4.44. The molecule has 1 heterocycles. The largest absolute Gasteiger partial charge is 0.416 e. The summed E-state index contributed by atoms with van der Waals surface area (Å²) in [5, 5.41) is 5.34. The molecule has 0 spiro atoms. The Morgan fingerprint density at radius 2 is 1.53 bits per heavy atom. The highest BCUT2D eigenvalue weighted by atomic mass is 19.4. The number of hydrogen-bond donors (Lipinski definition) is 2. The normalized spacial score (nSPS) is 18.9. The first-order chi connectivity index (χ1) is 15.2. The molecule has 2 aromatic carbocycles. The third-order valence-electron chi connectivity index (χ3n) is 5.85. The lowest BCUT2D eigenvalue weighted by atomic mass is 9.85. The van der Waals surface area contributed by atoms with E-state index in [0.717, 1.165) is 31.4 Å². The van der Waals surface area contributed by atoms with Crippen LogP contribution in [0.25, 0.3) is 0 Å². The van der Waals surface area contributed by atoms with Crippen LogP contribution in [0.5, 0.6) is 0 Å². The fourth-order valence-corrected chi connectivity index (χ4v) is 3.82. The van der Waals surface area contributed by atoms with Crippen LogP contribution in [0.1, 0.15) is 31.2 Å². The molecule has 1 aliphatic heterocycles. The highest BCUT2D eigenvalue weighted by Crippen LogP contribution is 2.32. The lowest BCUT2D eigenvalue weighted by Gasteiger charge is -2.24. The van der Waals surface area contributed by atoms with Crippen molar-refractivity contribution >= 4 is 34.8 Å². The molecule has 2 N–H and O–H groups in total. The van der Waals surface area contributed by atoms with Crippen LogP contribution in [0.4, 0.5) is 30.2 Å². The van der Waals surface area contributed by atoms with E-state index < -0.39 is 23.6 Å². The highest BCUT2D eigenvalue weighted by Gasteiger charge is 2.36. The molecule has 1 saturated carbocycles. The Hall–Kier alpha value is -3.36. The molecule has 1 atom stereocenters. The molecule has 0 aromatic heterocycles. The van der Waals surface area contributed by atoms with E-state index in [4.69, 9.17) is 0 Å². The average Bonchev–Trinajstić information content (AvgIpc) is 3.08. The van der Waals surface area contributed by atoms with Crippen LogP contribution in [0, 0.1) is 11.8 Å². The van der Waals surface area contributed by atoms with E-state index in [2.05, 4.69) is 10.6 Å². The Morgan fingerprint density at radius 1 is 0.906 bits per heavy atom. The van der Waals surface area contributed by atoms with Gasteiger partial charge in [-0.15, -0.1) is 0 Å². The van der Waals surface area contributed by atoms with Gasteiger partial charge < -0.3 is 15.5 Å². The SMILES string of the molecule is O=C(Nc1cccc(N2C[C@H](C(=O)Nc3cccc(C(F)(F)F)c3)CC2=O)c1)C1CCC1. The Bertz CT molecular complexity index is 1050. The predicted molar refractivity (Wildman–Crippen MR) is 113 cm³/mol. The van der Waals surface area contributed by atoms with Gasteiger partial charge in [-0.25, -0.2) is 0 Å². The van der Waals surface area contributed by atoms with Gasteiger partial charge in [-0.1, -0.05) is 18.6 Å². The number of benzene rings is 2. The van der Waals surface area contributed by atoms with E-state index in [1.54, 1.807) is 24.3 Å². The second-order valence-electron chi connectivity index (χ2n) is 8.14. The van der Waals surface area contributed by atoms with Crippen molar-refractivity contribution < 1.29 is 27.6 Å². The molecule has 0 bridgehead atoms. The van der Waals surface area contributed by atoms with E-state index in [0.29, 0.717) is 11.4 Å². The molecule has 32 heavy (non-hydrogen) atoms. The van der Waals surface area contributed by atoms with Crippen LogP contribution in [0.3, 0.4) is 0 Å². The molecule has 1 saturated heterocycles. The molecule has 4 rings (SSSR count).